The molecule has 1 aliphatic heterocycles. The Morgan fingerprint density at radius 3 is 3.05 bits per heavy atom. The molecule has 1 aromatic carbocycles. The molecule has 0 aliphatic carbocycles. The third-order valence-corrected chi connectivity index (χ3v) is 3.10. The van der Waals surface area contributed by atoms with E-state index in [0.29, 0.717) is 26.4 Å². The zero-order valence-electron chi connectivity index (χ0n) is 12.5. The summed E-state index contributed by atoms with van der Waals surface area (Å²) >= 11 is 0. The topological polar surface area (TPSA) is 63.2 Å². The van der Waals surface area contributed by atoms with Gasteiger partial charge in [-0.15, -0.1) is 0 Å². The molecule has 0 radical (unpaired) electrons. The summed E-state index contributed by atoms with van der Waals surface area (Å²) < 4.78 is 10.7. The van der Waals surface area contributed by atoms with Crippen LogP contribution in [-0.2, 0) is 9.53 Å². The van der Waals surface area contributed by atoms with Crippen LogP contribution in [0.3, 0.4) is 0 Å². The first-order valence-corrected chi connectivity index (χ1v) is 7.23. The summed E-state index contributed by atoms with van der Waals surface area (Å²) in [5.74, 6) is 0.612. The van der Waals surface area contributed by atoms with Crippen molar-refractivity contribution < 1.29 is 14.3 Å². The molecule has 1 N–H and O–H groups in total. The maximum atomic E-state index is 11.8. The molecule has 22 heavy (non-hydrogen) atoms. The molecule has 0 atom stereocenters. The molecule has 118 valence electrons. The normalized spacial score (nSPS) is 15.6. The highest BCUT2D eigenvalue weighted by molar-refractivity contribution is 5.83. The highest BCUT2D eigenvalue weighted by atomic mass is 16.5. The minimum absolute atomic E-state index is 0.128. The molecule has 1 amide bonds. The first-order chi connectivity index (χ1) is 10.8. The fourth-order valence-corrected chi connectivity index (χ4v) is 2.02. The Hall–Kier alpha value is -2.18. The average Bonchev–Trinajstić information content (AvgIpc) is 2.54. The second kappa shape index (κ2) is 8.96. The number of carbonyl (C=O) groups is 1. The van der Waals surface area contributed by atoms with Crippen LogP contribution in [0.25, 0.3) is 0 Å². The average molecular weight is 303 g/mol. The van der Waals surface area contributed by atoms with E-state index in [1.807, 2.05) is 29.2 Å². The van der Waals surface area contributed by atoms with E-state index in [2.05, 4.69) is 17.1 Å². The van der Waals surface area contributed by atoms with Crippen molar-refractivity contribution in [2.75, 3.05) is 39.5 Å². The second-order valence-corrected chi connectivity index (χ2v) is 4.85. The van der Waals surface area contributed by atoms with Crippen LogP contribution in [0.15, 0.2) is 42.0 Å². The van der Waals surface area contributed by atoms with E-state index in [1.54, 1.807) is 12.3 Å². The van der Waals surface area contributed by atoms with Gasteiger partial charge >= 0.3 is 0 Å². The Morgan fingerprint density at radius 1 is 1.45 bits per heavy atom. The Labute approximate surface area is 130 Å². The maximum absolute atomic E-state index is 11.8. The van der Waals surface area contributed by atoms with E-state index in [9.17, 15) is 4.79 Å². The quantitative estimate of drug-likeness (QED) is 0.464. The lowest BCUT2D eigenvalue weighted by Gasteiger charge is -2.25. The van der Waals surface area contributed by atoms with Gasteiger partial charge in [0.25, 0.3) is 5.91 Å². The number of nitrogens with one attached hydrogen (secondary N) is 1. The number of carbonyl (C=O) groups excluding carboxylic acids is 1. The van der Waals surface area contributed by atoms with Gasteiger partial charge in [0.2, 0.25) is 0 Å². The third kappa shape index (κ3) is 5.67. The highest BCUT2D eigenvalue weighted by Gasteiger charge is 2.13. The molecular weight excluding hydrogens is 282 g/mol. The summed E-state index contributed by atoms with van der Waals surface area (Å²) in [6.07, 6.45) is 3.28. The zero-order chi connectivity index (χ0) is 15.6. The summed E-state index contributed by atoms with van der Waals surface area (Å²) in [7, 11) is 0. The van der Waals surface area contributed by atoms with Gasteiger partial charge in [0.1, 0.15) is 12.4 Å². The van der Waals surface area contributed by atoms with Crippen molar-refractivity contribution in [2.24, 2.45) is 5.10 Å². The van der Waals surface area contributed by atoms with Crippen LogP contribution < -0.4 is 10.2 Å². The summed E-state index contributed by atoms with van der Waals surface area (Å²) in [6.45, 7) is 7.30. The Balaban J connectivity index is 1.78. The van der Waals surface area contributed by atoms with Crippen LogP contribution in [0, 0.1) is 0 Å². The smallest absolute Gasteiger partial charge is 0.254 e. The predicted octanol–water partition coefficient (Wildman–Crippen LogP) is 1.03. The Bertz CT molecular complexity index is 525. The molecule has 1 saturated heterocycles. The van der Waals surface area contributed by atoms with E-state index >= 15 is 0 Å². The van der Waals surface area contributed by atoms with Crippen molar-refractivity contribution in [3.05, 3.63) is 42.5 Å². The van der Waals surface area contributed by atoms with Gasteiger partial charge in [-0.1, -0.05) is 24.8 Å². The highest BCUT2D eigenvalue weighted by Crippen LogP contribution is 2.11. The monoisotopic (exact) mass is 303 g/mol. The van der Waals surface area contributed by atoms with Gasteiger partial charge in [0.05, 0.1) is 26.0 Å². The van der Waals surface area contributed by atoms with E-state index in [0.717, 1.165) is 24.4 Å². The fourth-order valence-electron chi connectivity index (χ4n) is 2.02. The van der Waals surface area contributed by atoms with Crippen molar-refractivity contribution in [3.63, 3.8) is 0 Å². The number of benzene rings is 1. The largest absolute Gasteiger partial charge is 0.490 e. The fraction of sp³-hybridized carbons (Fsp3) is 0.375. The summed E-state index contributed by atoms with van der Waals surface area (Å²) in [4.78, 5) is 13.8. The number of rotatable bonds is 7. The van der Waals surface area contributed by atoms with Gasteiger partial charge < -0.3 is 9.47 Å². The van der Waals surface area contributed by atoms with Crippen LogP contribution >= 0.6 is 0 Å². The number of hydrogen-bond donors (Lipinski definition) is 1. The van der Waals surface area contributed by atoms with Gasteiger partial charge in [-0.05, 0) is 17.7 Å². The van der Waals surface area contributed by atoms with E-state index in [-0.39, 0.29) is 5.91 Å². The summed E-state index contributed by atoms with van der Waals surface area (Å²) in [6, 6.07) is 7.46. The van der Waals surface area contributed by atoms with E-state index in [1.165, 1.54) is 0 Å². The first kappa shape index (κ1) is 16.2. The van der Waals surface area contributed by atoms with Crippen molar-refractivity contribution in [1.82, 2.24) is 10.3 Å². The predicted molar refractivity (Wildman–Crippen MR) is 85.1 cm³/mol. The SMILES string of the molecule is C=CCOc1cccc(/C=N/NC(=O)CN2CCOCC2)c1. The summed E-state index contributed by atoms with van der Waals surface area (Å²) in [5.41, 5.74) is 3.39. The molecule has 0 saturated carbocycles. The molecule has 0 bridgehead atoms. The van der Waals surface area contributed by atoms with Crippen molar-refractivity contribution >= 4 is 12.1 Å². The molecule has 0 aromatic heterocycles. The molecule has 0 spiro atoms. The number of hydrogen-bond acceptors (Lipinski definition) is 5. The molecule has 1 aromatic rings. The lowest BCUT2D eigenvalue weighted by molar-refractivity contribution is -0.123. The number of nitrogens with zero attached hydrogens (tertiary/aromatic N) is 2. The molecule has 6 nitrogen and oxygen atoms in total. The van der Waals surface area contributed by atoms with E-state index in [4.69, 9.17) is 9.47 Å². The molecule has 6 heteroatoms. The van der Waals surface area contributed by atoms with Gasteiger partial charge in [0, 0.05) is 13.1 Å². The Morgan fingerprint density at radius 2 is 2.27 bits per heavy atom. The van der Waals surface area contributed by atoms with Gasteiger partial charge in [0.15, 0.2) is 0 Å². The van der Waals surface area contributed by atoms with Crippen molar-refractivity contribution in [3.8, 4) is 5.75 Å². The van der Waals surface area contributed by atoms with Gasteiger partial charge in [-0.2, -0.15) is 5.10 Å². The van der Waals surface area contributed by atoms with Crippen LogP contribution in [-0.4, -0.2) is 56.5 Å². The molecule has 0 unspecified atom stereocenters. The van der Waals surface area contributed by atoms with Crippen molar-refractivity contribution in [1.29, 1.82) is 0 Å². The first-order valence-electron chi connectivity index (χ1n) is 7.23. The number of morpholine rings is 1. The minimum Gasteiger partial charge on any atom is -0.490 e. The molecule has 1 fully saturated rings. The number of ether oxygens (including phenoxy) is 2. The van der Waals surface area contributed by atoms with Crippen molar-refractivity contribution in [2.45, 2.75) is 0 Å². The minimum atomic E-state index is -0.128. The lowest BCUT2D eigenvalue weighted by atomic mass is 10.2. The van der Waals surface area contributed by atoms with E-state index < -0.39 is 0 Å². The van der Waals surface area contributed by atoms with Crippen LogP contribution in [0.1, 0.15) is 5.56 Å². The molecular formula is C16H21N3O3. The van der Waals surface area contributed by atoms with Crippen LogP contribution in [0.2, 0.25) is 0 Å². The zero-order valence-corrected chi connectivity index (χ0v) is 12.5. The maximum Gasteiger partial charge on any atom is 0.254 e. The van der Waals surface area contributed by atoms with Crippen LogP contribution in [0.5, 0.6) is 5.75 Å². The summed E-state index contributed by atoms with van der Waals surface area (Å²) in [5, 5.41) is 3.97. The second-order valence-electron chi connectivity index (χ2n) is 4.85. The third-order valence-electron chi connectivity index (χ3n) is 3.10. The lowest BCUT2D eigenvalue weighted by Crippen LogP contribution is -2.42. The molecule has 1 heterocycles. The molecule has 2 rings (SSSR count). The molecule has 1 aliphatic rings. The van der Waals surface area contributed by atoms with Crippen LogP contribution in [0.4, 0.5) is 0 Å². The Kier molecular flexibility index (Phi) is 6.60. The number of hydrazone groups is 1. The number of amides is 1. The van der Waals surface area contributed by atoms with Gasteiger partial charge in [-0.25, -0.2) is 5.43 Å². The standard InChI is InChI=1S/C16H21N3O3/c1-2-8-22-15-5-3-4-14(11-15)12-17-18-16(20)13-19-6-9-21-10-7-19/h2-5,11-12H,1,6-10,13H2,(H,18,20)/b17-12+. The van der Waals surface area contributed by atoms with Gasteiger partial charge in [-0.3, -0.25) is 9.69 Å².